The largest absolute Gasteiger partial charge is 0.467 e. The third-order valence-corrected chi connectivity index (χ3v) is 5.86. The van der Waals surface area contributed by atoms with Crippen LogP contribution in [0.2, 0.25) is 0 Å². The van der Waals surface area contributed by atoms with Gasteiger partial charge in [-0.2, -0.15) is 5.10 Å². The van der Waals surface area contributed by atoms with E-state index in [0.717, 1.165) is 0 Å². The summed E-state index contributed by atoms with van der Waals surface area (Å²) in [5.74, 6) is -2.39. The molecular formula is C27H33N5O7. The number of hydrogen-bond donors (Lipinski definition) is 3. The lowest BCUT2D eigenvalue weighted by atomic mass is 10.0. The van der Waals surface area contributed by atoms with Gasteiger partial charge in [-0.05, 0) is 37.0 Å². The zero-order chi connectivity index (χ0) is 28.7. The van der Waals surface area contributed by atoms with Crippen LogP contribution in [0.5, 0.6) is 0 Å². The van der Waals surface area contributed by atoms with Crippen LogP contribution in [0.25, 0.3) is 22.7 Å². The van der Waals surface area contributed by atoms with E-state index >= 15 is 0 Å². The molecule has 208 valence electrons. The Morgan fingerprint density at radius 2 is 1.59 bits per heavy atom. The normalized spacial score (nSPS) is 12.6. The van der Waals surface area contributed by atoms with Crippen LogP contribution in [-0.4, -0.2) is 64.7 Å². The van der Waals surface area contributed by atoms with Crippen LogP contribution in [0.15, 0.2) is 40.9 Å². The minimum atomic E-state index is -0.830. The molecule has 0 radical (unpaired) electrons. The summed E-state index contributed by atoms with van der Waals surface area (Å²) < 4.78 is 15.5. The zero-order valence-electron chi connectivity index (χ0n) is 22.7. The highest BCUT2D eigenvalue weighted by Crippen LogP contribution is 2.26. The third-order valence-electron chi connectivity index (χ3n) is 5.86. The molecule has 2 amide bonds. The molecule has 0 saturated carbocycles. The van der Waals surface area contributed by atoms with E-state index in [1.54, 1.807) is 65.0 Å². The van der Waals surface area contributed by atoms with Crippen LogP contribution >= 0.6 is 0 Å². The molecule has 0 aliphatic carbocycles. The van der Waals surface area contributed by atoms with Gasteiger partial charge in [0.1, 0.15) is 17.8 Å². The lowest BCUT2D eigenvalue weighted by molar-refractivity contribution is -0.146. The summed E-state index contributed by atoms with van der Waals surface area (Å²) in [6.45, 7) is 9.09. The highest BCUT2D eigenvalue weighted by atomic mass is 16.5. The van der Waals surface area contributed by atoms with E-state index in [1.165, 1.54) is 13.3 Å². The molecule has 0 aliphatic heterocycles. The average molecular weight is 540 g/mol. The average Bonchev–Trinajstić information content (AvgIpc) is 3.60. The van der Waals surface area contributed by atoms with E-state index in [1.807, 2.05) is 0 Å². The molecule has 0 bridgehead atoms. The Bertz CT molecular complexity index is 1330. The fourth-order valence-electron chi connectivity index (χ4n) is 3.70. The summed E-state index contributed by atoms with van der Waals surface area (Å²) in [6, 6.07) is 6.95. The van der Waals surface area contributed by atoms with Crippen molar-refractivity contribution in [3.05, 3.63) is 48.0 Å². The van der Waals surface area contributed by atoms with E-state index in [0.29, 0.717) is 16.8 Å². The third kappa shape index (κ3) is 7.09. The Hall–Kier alpha value is -4.48. The van der Waals surface area contributed by atoms with Crippen LogP contribution < -0.4 is 10.6 Å². The number of H-pyrrole nitrogens is 1. The quantitative estimate of drug-likeness (QED) is 0.311. The van der Waals surface area contributed by atoms with Crippen LogP contribution in [0.1, 0.15) is 55.7 Å². The first-order valence-electron chi connectivity index (χ1n) is 12.5. The van der Waals surface area contributed by atoms with Crippen LogP contribution in [0.3, 0.4) is 0 Å². The van der Waals surface area contributed by atoms with Crippen molar-refractivity contribution >= 4 is 23.8 Å². The van der Waals surface area contributed by atoms with Crippen LogP contribution in [0.4, 0.5) is 0 Å². The molecule has 1 aromatic carbocycles. The highest BCUT2D eigenvalue weighted by molar-refractivity contribution is 5.96. The van der Waals surface area contributed by atoms with Crippen molar-refractivity contribution in [1.29, 1.82) is 0 Å². The van der Waals surface area contributed by atoms with Crippen molar-refractivity contribution in [2.75, 3.05) is 13.7 Å². The minimum Gasteiger partial charge on any atom is -0.467 e. The summed E-state index contributed by atoms with van der Waals surface area (Å²) in [5.41, 5.74) is 1.86. The standard InChI is InChI=1S/C27H33N5O7/c1-7-38-27(36)22(15(4)5)30-24(34)20-13-28-25(39-20)17-10-8-9-16(11-17)18-12-19(32-31-18)23(33)29-21(14(2)3)26(35)37-6/h8-15,21-22H,7H2,1-6H3,(H,29,33)(H,30,34)(H,31,32)/t21-,22+/m1/s1. The van der Waals surface area contributed by atoms with Gasteiger partial charge < -0.3 is 24.5 Å². The number of amides is 2. The molecule has 0 unspecified atom stereocenters. The number of aromatic nitrogens is 3. The fourth-order valence-corrected chi connectivity index (χ4v) is 3.70. The second-order valence-electron chi connectivity index (χ2n) is 9.44. The number of esters is 2. The maximum absolute atomic E-state index is 12.7. The van der Waals surface area contributed by atoms with Gasteiger partial charge in [-0.3, -0.25) is 14.7 Å². The first kappa shape index (κ1) is 29.1. The van der Waals surface area contributed by atoms with Gasteiger partial charge in [-0.1, -0.05) is 39.8 Å². The number of oxazole rings is 1. The number of ether oxygens (including phenoxy) is 2. The SMILES string of the molecule is CCOC(=O)[C@@H](NC(=O)c1cnc(-c2cccc(-c3cc(C(=O)N[C@@H](C(=O)OC)C(C)C)[nH]n3)c2)o1)C(C)C. The second-order valence-corrected chi connectivity index (χ2v) is 9.44. The highest BCUT2D eigenvalue weighted by Gasteiger charge is 2.28. The molecular weight excluding hydrogens is 506 g/mol. The zero-order valence-corrected chi connectivity index (χ0v) is 22.7. The maximum atomic E-state index is 12.7. The van der Waals surface area contributed by atoms with Gasteiger partial charge in [0, 0.05) is 11.1 Å². The second kappa shape index (κ2) is 12.9. The van der Waals surface area contributed by atoms with E-state index in [9.17, 15) is 19.2 Å². The van der Waals surface area contributed by atoms with Gasteiger partial charge in [-0.15, -0.1) is 0 Å². The maximum Gasteiger partial charge on any atom is 0.328 e. The number of carbonyl (C=O) groups is 4. The topological polar surface area (TPSA) is 166 Å². The summed E-state index contributed by atoms with van der Waals surface area (Å²) in [6.07, 6.45) is 1.28. The number of aromatic amines is 1. The number of nitrogens with zero attached hydrogens (tertiary/aromatic N) is 2. The molecule has 12 nitrogen and oxygen atoms in total. The van der Waals surface area contributed by atoms with Crippen molar-refractivity contribution in [3.8, 4) is 22.7 Å². The van der Waals surface area contributed by atoms with Crippen molar-refractivity contribution in [2.24, 2.45) is 11.8 Å². The van der Waals surface area contributed by atoms with Crippen LogP contribution in [-0.2, 0) is 19.1 Å². The number of nitrogens with one attached hydrogen (secondary N) is 3. The lowest BCUT2D eigenvalue weighted by Crippen LogP contribution is -2.45. The Morgan fingerprint density at radius 1 is 0.949 bits per heavy atom. The van der Waals surface area contributed by atoms with Gasteiger partial charge in [0.2, 0.25) is 11.7 Å². The van der Waals surface area contributed by atoms with Crippen molar-refractivity contribution < 1.29 is 33.1 Å². The predicted molar refractivity (Wildman–Crippen MR) is 140 cm³/mol. The van der Waals surface area contributed by atoms with Gasteiger partial charge in [0.15, 0.2) is 0 Å². The van der Waals surface area contributed by atoms with E-state index in [4.69, 9.17) is 13.9 Å². The van der Waals surface area contributed by atoms with Crippen molar-refractivity contribution in [1.82, 2.24) is 25.8 Å². The summed E-state index contributed by atoms with van der Waals surface area (Å²) in [7, 11) is 1.26. The molecule has 2 atom stereocenters. The molecule has 39 heavy (non-hydrogen) atoms. The van der Waals surface area contributed by atoms with Crippen molar-refractivity contribution in [2.45, 2.75) is 46.7 Å². The predicted octanol–water partition coefficient (Wildman–Crippen LogP) is 2.98. The molecule has 3 N–H and O–H groups in total. The lowest BCUT2D eigenvalue weighted by Gasteiger charge is -2.19. The Kier molecular flexibility index (Phi) is 9.58. The molecule has 3 aromatic rings. The first-order chi connectivity index (χ1) is 18.5. The molecule has 2 heterocycles. The number of benzene rings is 1. The molecule has 3 rings (SSSR count). The van der Waals surface area contributed by atoms with E-state index in [-0.39, 0.29) is 35.8 Å². The number of hydrogen-bond acceptors (Lipinski definition) is 9. The number of carbonyl (C=O) groups excluding carboxylic acids is 4. The Labute approximate surface area is 225 Å². The first-order valence-corrected chi connectivity index (χ1v) is 12.5. The molecule has 2 aromatic heterocycles. The smallest absolute Gasteiger partial charge is 0.328 e. The summed E-state index contributed by atoms with van der Waals surface area (Å²) >= 11 is 0. The summed E-state index contributed by atoms with van der Waals surface area (Å²) in [5, 5.41) is 12.2. The van der Waals surface area contributed by atoms with Crippen LogP contribution in [0, 0.1) is 11.8 Å². The fraction of sp³-hybridized carbons (Fsp3) is 0.407. The molecule has 0 aliphatic rings. The van der Waals surface area contributed by atoms with Crippen molar-refractivity contribution in [3.63, 3.8) is 0 Å². The summed E-state index contributed by atoms with van der Waals surface area (Å²) in [4.78, 5) is 53.8. The van der Waals surface area contributed by atoms with Gasteiger partial charge >= 0.3 is 11.9 Å². The molecule has 0 saturated heterocycles. The number of rotatable bonds is 11. The molecule has 12 heteroatoms. The van der Waals surface area contributed by atoms with Gasteiger partial charge in [0.05, 0.1) is 25.6 Å². The van der Waals surface area contributed by atoms with Gasteiger partial charge in [0.25, 0.3) is 11.8 Å². The van der Waals surface area contributed by atoms with E-state index < -0.39 is 35.8 Å². The van der Waals surface area contributed by atoms with Gasteiger partial charge in [-0.25, -0.2) is 14.6 Å². The minimum absolute atomic E-state index is 0.0607. The monoisotopic (exact) mass is 539 g/mol. The Morgan fingerprint density at radius 3 is 2.23 bits per heavy atom. The molecule has 0 fully saturated rings. The Balaban J connectivity index is 1.75. The molecule has 0 spiro atoms. The van der Waals surface area contributed by atoms with E-state index in [2.05, 4.69) is 25.8 Å². The number of methoxy groups -OCH3 is 1.